The van der Waals surface area contributed by atoms with Crippen LogP contribution in [0.5, 0.6) is 5.75 Å². The zero-order chi connectivity index (χ0) is 19.0. The number of carbonyl (C=O) groups excluding carboxylic acids is 1. The lowest BCUT2D eigenvalue weighted by Gasteiger charge is -2.29. The van der Waals surface area contributed by atoms with Crippen molar-refractivity contribution in [2.24, 2.45) is 5.92 Å². The van der Waals surface area contributed by atoms with Gasteiger partial charge in [0.05, 0.1) is 19.1 Å². The summed E-state index contributed by atoms with van der Waals surface area (Å²) in [6, 6.07) is 6.73. The van der Waals surface area contributed by atoms with Crippen LogP contribution < -0.4 is 4.74 Å². The Kier molecular flexibility index (Phi) is 7.42. The zero-order valence-electron chi connectivity index (χ0n) is 15.5. The summed E-state index contributed by atoms with van der Waals surface area (Å²) < 4.78 is 11.1. The molecule has 1 unspecified atom stereocenters. The quantitative estimate of drug-likeness (QED) is 0.379. The number of Topliss-reactive ketones (excluding diaryl/α,β-unsaturated/α-hetero) is 1. The Hall–Kier alpha value is -2.11. The van der Waals surface area contributed by atoms with Crippen molar-refractivity contribution in [1.29, 1.82) is 0 Å². The highest BCUT2D eigenvalue weighted by Crippen LogP contribution is 2.29. The molecule has 2 rings (SSSR count). The second-order valence-corrected chi connectivity index (χ2v) is 6.46. The van der Waals surface area contributed by atoms with E-state index < -0.39 is 11.7 Å². The van der Waals surface area contributed by atoms with Crippen molar-refractivity contribution in [3.05, 3.63) is 53.8 Å². The molecule has 1 aromatic carbocycles. The molecule has 0 spiro atoms. The Balaban J connectivity index is 2.02. The lowest BCUT2D eigenvalue weighted by molar-refractivity contribution is -0.139. The lowest BCUT2D eigenvalue weighted by atomic mass is 9.86. The first-order valence-corrected chi connectivity index (χ1v) is 9.23. The molecule has 1 atom stereocenters. The summed E-state index contributed by atoms with van der Waals surface area (Å²) in [5.74, 6) is -2.65. The Labute approximate surface area is 154 Å². The van der Waals surface area contributed by atoms with Gasteiger partial charge in [-0.15, -0.1) is 0 Å². The normalized spacial score (nSPS) is 18.3. The highest BCUT2D eigenvalue weighted by Gasteiger charge is 2.39. The number of hydrogen-bond donors (Lipinski definition) is 2. The lowest BCUT2D eigenvalue weighted by Crippen LogP contribution is -2.41. The van der Waals surface area contributed by atoms with Gasteiger partial charge in [-0.1, -0.05) is 32.8 Å². The third kappa shape index (κ3) is 5.44. The molecule has 0 aromatic heterocycles. The number of ketones is 1. The first kappa shape index (κ1) is 20.2. The predicted octanol–water partition coefficient (Wildman–Crippen LogP) is 3.62. The average molecular weight is 360 g/mol. The van der Waals surface area contributed by atoms with Gasteiger partial charge in [-0.05, 0) is 43.2 Å². The largest absolute Gasteiger partial charge is 0.494 e. The van der Waals surface area contributed by atoms with Gasteiger partial charge in [0.2, 0.25) is 5.79 Å². The van der Waals surface area contributed by atoms with Crippen LogP contribution in [-0.4, -0.2) is 35.0 Å². The minimum Gasteiger partial charge on any atom is -0.494 e. The van der Waals surface area contributed by atoms with Crippen molar-refractivity contribution in [3.8, 4) is 5.75 Å². The van der Waals surface area contributed by atoms with E-state index in [1.54, 1.807) is 30.3 Å². The fourth-order valence-corrected chi connectivity index (χ4v) is 2.61. The minimum atomic E-state index is -2.27. The van der Waals surface area contributed by atoms with Gasteiger partial charge in [0.1, 0.15) is 11.5 Å². The van der Waals surface area contributed by atoms with E-state index in [0.717, 1.165) is 25.7 Å². The summed E-state index contributed by atoms with van der Waals surface area (Å²) >= 11 is 0. The molecular weight excluding hydrogens is 332 g/mol. The molecule has 5 nitrogen and oxygen atoms in total. The van der Waals surface area contributed by atoms with E-state index in [4.69, 9.17) is 9.47 Å². The first-order valence-electron chi connectivity index (χ1n) is 9.23. The molecule has 0 bridgehead atoms. The molecule has 0 aliphatic heterocycles. The van der Waals surface area contributed by atoms with Crippen LogP contribution in [0.25, 0.3) is 0 Å². The molecule has 0 amide bonds. The summed E-state index contributed by atoms with van der Waals surface area (Å²) in [7, 11) is 0. The third-order valence-electron chi connectivity index (χ3n) is 4.22. The predicted molar refractivity (Wildman–Crippen MR) is 99.9 cm³/mol. The molecule has 26 heavy (non-hydrogen) atoms. The van der Waals surface area contributed by atoms with Gasteiger partial charge in [-0.25, -0.2) is 0 Å². The van der Waals surface area contributed by atoms with Gasteiger partial charge in [0, 0.05) is 11.6 Å². The minimum absolute atomic E-state index is 0.366. The van der Waals surface area contributed by atoms with E-state index in [1.165, 1.54) is 12.2 Å². The van der Waals surface area contributed by atoms with Crippen LogP contribution >= 0.6 is 0 Å². The fraction of sp³-hybridized carbons (Fsp3) is 0.476. The molecule has 0 saturated heterocycles. The number of hydrogen-bond acceptors (Lipinski definition) is 5. The Morgan fingerprint density at radius 3 is 2.23 bits per heavy atom. The summed E-state index contributed by atoms with van der Waals surface area (Å²) in [4.78, 5) is 12.7. The van der Waals surface area contributed by atoms with Crippen LogP contribution in [0.1, 0.15) is 49.9 Å². The number of rotatable bonds is 10. The average Bonchev–Trinajstić information content (AvgIpc) is 2.62. The van der Waals surface area contributed by atoms with Crippen molar-refractivity contribution >= 4 is 5.78 Å². The first-order chi connectivity index (χ1) is 12.5. The molecular formula is C21H28O5. The molecule has 2 N–H and O–H groups in total. The number of allylic oxidation sites excluding steroid dienone is 1. The van der Waals surface area contributed by atoms with Gasteiger partial charge in [0.25, 0.3) is 0 Å². The molecule has 5 heteroatoms. The van der Waals surface area contributed by atoms with Gasteiger partial charge < -0.3 is 19.7 Å². The highest BCUT2D eigenvalue weighted by atomic mass is 16.5. The monoisotopic (exact) mass is 360 g/mol. The van der Waals surface area contributed by atoms with Crippen molar-refractivity contribution < 1.29 is 24.5 Å². The number of benzene rings is 1. The topological polar surface area (TPSA) is 76.0 Å². The highest BCUT2D eigenvalue weighted by molar-refractivity contribution is 6.00. The Bertz CT molecular complexity index is 643. The molecule has 142 valence electrons. The van der Waals surface area contributed by atoms with Crippen molar-refractivity contribution in [2.75, 3.05) is 13.2 Å². The van der Waals surface area contributed by atoms with Gasteiger partial charge in [0.15, 0.2) is 5.78 Å². The van der Waals surface area contributed by atoms with Crippen LogP contribution in [-0.2, 0) is 4.74 Å². The van der Waals surface area contributed by atoms with Crippen molar-refractivity contribution in [3.63, 3.8) is 0 Å². The molecule has 1 aliphatic carbocycles. The maximum absolute atomic E-state index is 12.7. The van der Waals surface area contributed by atoms with E-state index >= 15 is 0 Å². The molecule has 1 aromatic rings. The summed E-state index contributed by atoms with van der Waals surface area (Å²) in [5, 5.41) is 20.6. The maximum atomic E-state index is 12.7. The van der Waals surface area contributed by atoms with Crippen LogP contribution in [0.4, 0.5) is 0 Å². The summed E-state index contributed by atoms with van der Waals surface area (Å²) in [6.45, 7) is 5.28. The zero-order valence-corrected chi connectivity index (χ0v) is 15.5. The summed E-state index contributed by atoms with van der Waals surface area (Å²) in [5.41, 5.74) is 0.402. The van der Waals surface area contributed by atoms with E-state index in [1.807, 2.05) is 6.92 Å². The summed E-state index contributed by atoms with van der Waals surface area (Å²) in [6.07, 6.45) is 8.18. The second kappa shape index (κ2) is 9.55. The van der Waals surface area contributed by atoms with Gasteiger partial charge >= 0.3 is 0 Å². The number of carbonyl (C=O) groups is 1. The van der Waals surface area contributed by atoms with Crippen molar-refractivity contribution in [1.82, 2.24) is 0 Å². The van der Waals surface area contributed by atoms with E-state index in [0.29, 0.717) is 30.3 Å². The van der Waals surface area contributed by atoms with Gasteiger partial charge in [-0.2, -0.15) is 0 Å². The van der Waals surface area contributed by atoms with Crippen LogP contribution in [0.15, 0.2) is 48.3 Å². The molecule has 1 aliphatic rings. The molecule has 0 saturated carbocycles. The Morgan fingerprint density at radius 2 is 1.65 bits per heavy atom. The van der Waals surface area contributed by atoms with E-state index in [2.05, 4.69) is 6.92 Å². The maximum Gasteiger partial charge on any atom is 0.200 e. The fourth-order valence-electron chi connectivity index (χ4n) is 2.61. The molecule has 0 fully saturated rings. The second-order valence-electron chi connectivity index (χ2n) is 6.46. The Morgan fingerprint density at radius 1 is 1.04 bits per heavy atom. The van der Waals surface area contributed by atoms with Gasteiger partial charge in [-0.3, -0.25) is 4.79 Å². The third-order valence-corrected chi connectivity index (χ3v) is 4.22. The van der Waals surface area contributed by atoms with Crippen LogP contribution in [0, 0.1) is 5.92 Å². The van der Waals surface area contributed by atoms with Crippen LogP contribution in [0.2, 0.25) is 0 Å². The van der Waals surface area contributed by atoms with E-state index in [9.17, 15) is 15.0 Å². The molecule has 0 radical (unpaired) electrons. The smallest absolute Gasteiger partial charge is 0.200 e. The van der Waals surface area contributed by atoms with Crippen molar-refractivity contribution in [2.45, 2.75) is 45.3 Å². The van der Waals surface area contributed by atoms with E-state index in [-0.39, 0.29) is 5.78 Å². The number of unbranched alkanes of at least 4 members (excludes halogenated alkanes) is 2. The number of ether oxygens (including phenoxy) is 2. The van der Waals surface area contributed by atoms with Crippen LogP contribution in [0.3, 0.4) is 0 Å². The molecule has 0 heterocycles. The SMILES string of the molecule is CCCCOC1=CC(O)(O)C(C(=O)c2ccc(OCCCC)cc2)C=C1. The number of aliphatic hydroxyl groups is 2. The standard InChI is InChI=1S/C21H28O5/c1-3-5-13-25-17-9-7-16(8-10-17)20(22)19-12-11-18(15-21(19,23)24)26-14-6-4-2/h7-12,15,19,23-24H,3-6,13-14H2,1-2H3.